The lowest BCUT2D eigenvalue weighted by molar-refractivity contribution is -0.141. The average molecular weight is 250 g/mol. The summed E-state index contributed by atoms with van der Waals surface area (Å²) >= 11 is 5.08. The van der Waals surface area contributed by atoms with Crippen molar-refractivity contribution in [2.75, 3.05) is 0 Å². The molecule has 84 valence electrons. The van der Waals surface area contributed by atoms with Crippen LogP contribution in [0, 0.1) is 5.95 Å². The van der Waals surface area contributed by atoms with Gasteiger partial charge in [-0.15, -0.1) is 0 Å². The Morgan fingerprint density at radius 1 is 1.27 bits per heavy atom. The summed E-state index contributed by atoms with van der Waals surface area (Å²) in [6, 6.07) is 0.159. The van der Waals surface area contributed by atoms with E-state index in [1.807, 2.05) is 0 Å². The number of rotatable bonds is 1. The third kappa shape index (κ3) is 2.53. The van der Waals surface area contributed by atoms with Crippen molar-refractivity contribution in [3.8, 4) is 0 Å². The van der Waals surface area contributed by atoms with Crippen molar-refractivity contribution in [2.24, 2.45) is 0 Å². The lowest BCUT2D eigenvalue weighted by Gasteiger charge is -2.09. The first-order chi connectivity index (χ1) is 6.73. The van der Waals surface area contributed by atoms with Crippen LogP contribution in [-0.2, 0) is 6.18 Å². The van der Waals surface area contributed by atoms with E-state index >= 15 is 0 Å². The standard InChI is InChI=1S/C7H2ClF6N/c8-2-1-3(7(12,13)14)15-6(11)4(2)5(9)10/h1,5H. The molecule has 0 aliphatic carbocycles. The number of aromatic nitrogens is 1. The maximum Gasteiger partial charge on any atom is 0.433 e. The summed E-state index contributed by atoms with van der Waals surface area (Å²) in [5.74, 6) is -1.91. The fourth-order valence-electron chi connectivity index (χ4n) is 0.834. The molecular weight excluding hydrogens is 248 g/mol. The number of alkyl halides is 5. The van der Waals surface area contributed by atoms with E-state index in [2.05, 4.69) is 4.98 Å². The summed E-state index contributed by atoms with van der Waals surface area (Å²) < 4.78 is 72.9. The molecule has 0 saturated heterocycles. The van der Waals surface area contributed by atoms with Crippen LogP contribution in [0.3, 0.4) is 0 Å². The molecule has 1 aromatic heterocycles. The van der Waals surface area contributed by atoms with E-state index in [4.69, 9.17) is 11.6 Å². The average Bonchev–Trinajstić information content (AvgIpc) is 1.99. The largest absolute Gasteiger partial charge is 0.433 e. The fraction of sp³-hybridized carbons (Fsp3) is 0.286. The van der Waals surface area contributed by atoms with Gasteiger partial charge in [0, 0.05) is 0 Å². The van der Waals surface area contributed by atoms with Gasteiger partial charge in [0.05, 0.1) is 10.6 Å². The molecule has 0 spiro atoms. The van der Waals surface area contributed by atoms with Crippen molar-refractivity contribution < 1.29 is 26.3 Å². The van der Waals surface area contributed by atoms with Gasteiger partial charge < -0.3 is 0 Å². The Morgan fingerprint density at radius 2 is 1.80 bits per heavy atom. The number of hydrogen-bond donors (Lipinski definition) is 0. The Kier molecular flexibility index (Phi) is 3.13. The van der Waals surface area contributed by atoms with Crippen molar-refractivity contribution in [1.29, 1.82) is 0 Å². The molecule has 0 amide bonds. The first kappa shape index (κ1) is 12.1. The first-order valence-corrected chi connectivity index (χ1v) is 3.82. The molecule has 0 saturated carbocycles. The molecule has 0 aliphatic rings. The normalized spacial score (nSPS) is 12.3. The molecule has 0 atom stereocenters. The zero-order valence-electron chi connectivity index (χ0n) is 6.75. The highest BCUT2D eigenvalue weighted by molar-refractivity contribution is 6.31. The molecule has 0 aromatic carbocycles. The Morgan fingerprint density at radius 3 is 2.13 bits per heavy atom. The summed E-state index contributed by atoms with van der Waals surface area (Å²) in [6.07, 6.45) is -8.24. The van der Waals surface area contributed by atoms with Crippen LogP contribution in [0.15, 0.2) is 6.07 Å². The summed E-state index contributed by atoms with van der Waals surface area (Å²) in [5.41, 5.74) is -2.97. The topological polar surface area (TPSA) is 12.9 Å². The van der Waals surface area contributed by atoms with E-state index < -0.39 is 34.8 Å². The molecule has 0 fully saturated rings. The predicted molar refractivity (Wildman–Crippen MR) is 39.2 cm³/mol. The van der Waals surface area contributed by atoms with Crippen molar-refractivity contribution >= 4 is 11.6 Å². The maximum atomic E-state index is 12.7. The zero-order chi connectivity index (χ0) is 11.8. The molecule has 1 aromatic rings. The third-order valence-corrected chi connectivity index (χ3v) is 1.78. The number of nitrogens with zero attached hydrogens (tertiary/aromatic N) is 1. The summed E-state index contributed by atoms with van der Waals surface area (Å²) in [7, 11) is 0. The highest BCUT2D eigenvalue weighted by Gasteiger charge is 2.35. The molecule has 8 heteroatoms. The minimum absolute atomic E-state index is 0.159. The SMILES string of the molecule is Fc1nc(C(F)(F)F)cc(Cl)c1C(F)F. The van der Waals surface area contributed by atoms with Gasteiger partial charge in [-0.05, 0) is 6.07 Å². The van der Waals surface area contributed by atoms with Gasteiger partial charge >= 0.3 is 6.18 Å². The Hall–Kier alpha value is -0.980. The van der Waals surface area contributed by atoms with Gasteiger partial charge in [-0.25, -0.2) is 13.8 Å². The molecule has 0 bridgehead atoms. The number of pyridine rings is 1. The van der Waals surface area contributed by atoms with Crippen molar-refractivity contribution in [1.82, 2.24) is 4.98 Å². The second kappa shape index (κ2) is 3.88. The van der Waals surface area contributed by atoms with E-state index in [1.165, 1.54) is 0 Å². The van der Waals surface area contributed by atoms with Gasteiger partial charge in [-0.2, -0.15) is 17.6 Å². The van der Waals surface area contributed by atoms with Gasteiger partial charge in [0.1, 0.15) is 5.69 Å². The van der Waals surface area contributed by atoms with Gasteiger partial charge in [0.15, 0.2) is 0 Å². The quantitative estimate of drug-likeness (QED) is 0.544. The molecular formula is C7H2ClF6N. The third-order valence-electron chi connectivity index (χ3n) is 1.47. The summed E-state index contributed by atoms with van der Waals surface area (Å²) in [5, 5.41) is -0.996. The minimum atomic E-state index is -4.93. The van der Waals surface area contributed by atoms with Crippen molar-refractivity contribution in [3.05, 3.63) is 28.3 Å². The van der Waals surface area contributed by atoms with Gasteiger partial charge in [-0.1, -0.05) is 11.6 Å². The minimum Gasteiger partial charge on any atom is -0.215 e. The van der Waals surface area contributed by atoms with Crippen molar-refractivity contribution in [3.63, 3.8) is 0 Å². The van der Waals surface area contributed by atoms with Crippen LogP contribution < -0.4 is 0 Å². The molecule has 1 nitrogen and oxygen atoms in total. The van der Waals surface area contributed by atoms with Gasteiger partial charge in [0.2, 0.25) is 5.95 Å². The van der Waals surface area contributed by atoms with E-state index in [9.17, 15) is 26.3 Å². The molecule has 0 unspecified atom stereocenters. The van der Waals surface area contributed by atoms with E-state index in [0.717, 1.165) is 0 Å². The second-order valence-electron chi connectivity index (χ2n) is 2.49. The molecule has 15 heavy (non-hydrogen) atoms. The van der Waals surface area contributed by atoms with E-state index in [-0.39, 0.29) is 6.07 Å². The summed E-state index contributed by atoms with van der Waals surface area (Å²) in [6.45, 7) is 0. The second-order valence-corrected chi connectivity index (χ2v) is 2.90. The lowest BCUT2D eigenvalue weighted by Crippen LogP contribution is -2.11. The smallest absolute Gasteiger partial charge is 0.215 e. The molecule has 0 radical (unpaired) electrons. The number of halogens is 7. The monoisotopic (exact) mass is 249 g/mol. The van der Waals surface area contributed by atoms with Crippen LogP contribution in [0.1, 0.15) is 17.7 Å². The van der Waals surface area contributed by atoms with Crippen LogP contribution in [0.2, 0.25) is 5.02 Å². The Balaban J connectivity index is 3.32. The highest BCUT2D eigenvalue weighted by Crippen LogP contribution is 2.34. The van der Waals surface area contributed by atoms with Crippen LogP contribution in [0.5, 0.6) is 0 Å². The predicted octanol–water partition coefficient (Wildman–Crippen LogP) is 3.83. The fourth-order valence-corrected chi connectivity index (χ4v) is 1.10. The Bertz CT molecular complexity index is 351. The molecule has 0 aliphatic heterocycles. The molecule has 1 rings (SSSR count). The first-order valence-electron chi connectivity index (χ1n) is 3.44. The van der Waals surface area contributed by atoms with Gasteiger partial charge in [-0.3, -0.25) is 0 Å². The number of hydrogen-bond acceptors (Lipinski definition) is 1. The molecule has 1 heterocycles. The maximum absolute atomic E-state index is 12.7. The van der Waals surface area contributed by atoms with Crippen LogP contribution >= 0.6 is 11.6 Å². The van der Waals surface area contributed by atoms with Crippen molar-refractivity contribution in [2.45, 2.75) is 12.6 Å². The lowest BCUT2D eigenvalue weighted by atomic mass is 10.2. The van der Waals surface area contributed by atoms with E-state index in [0.29, 0.717) is 0 Å². The Labute approximate surface area is 84.7 Å². The van der Waals surface area contributed by atoms with Crippen LogP contribution in [-0.4, -0.2) is 4.98 Å². The highest BCUT2D eigenvalue weighted by atomic mass is 35.5. The van der Waals surface area contributed by atoms with Crippen LogP contribution in [0.25, 0.3) is 0 Å². The zero-order valence-corrected chi connectivity index (χ0v) is 7.50. The van der Waals surface area contributed by atoms with Crippen LogP contribution in [0.4, 0.5) is 26.3 Å². The summed E-state index contributed by atoms with van der Waals surface area (Å²) in [4.78, 5) is 2.37. The molecule has 0 N–H and O–H groups in total. The van der Waals surface area contributed by atoms with E-state index in [1.54, 1.807) is 0 Å². The van der Waals surface area contributed by atoms with Gasteiger partial charge in [0.25, 0.3) is 6.43 Å².